The molecule has 1 atom stereocenters. The third kappa shape index (κ3) is 4.88. The van der Waals surface area contributed by atoms with Crippen LogP contribution >= 0.6 is 11.8 Å². The number of aliphatic carboxylic acids is 1. The van der Waals surface area contributed by atoms with Crippen LogP contribution in [0.15, 0.2) is 0 Å². The first-order chi connectivity index (χ1) is 8.52. The maximum Gasteiger partial charge on any atom is 0.307 e. The summed E-state index contributed by atoms with van der Waals surface area (Å²) in [6.45, 7) is 1.67. The monoisotopic (exact) mass is 273 g/mol. The van der Waals surface area contributed by atoms with Gasteiger partial charge in [0.25, 0.3) is 0 Å². The van der Waals surface area contributed by atoms with Gasteiger partial charge in [0.05, 0.1) is 11.7 Å². The van der Waals surface area contributed by atoms with Crippen molar-refractivity contribution < 1.29 is 14.7 Å². The predicted molar refractivity (Wildman–Crippen MR) is 73.8 cm³/mol. The van der Waals surface area contributed by atoms with Gasteiger partial charge >= 0.3 is 5.97 Å². The summed E-state index contributed by atoms with van der Waals surface area (Å²) in [4.78, 5) is 24.5. The average molecular weight is 273 g/mol. The Morgan fingerprint density at radius 2 is 1.94 bits per heavy atom. The lowest BCUT2D eigenvalue weighted by molar-refractivity contribution is -0.140. The fraction of sp³-hybridized carbons (Fsp3) is 0.846. The van der Waals surface area contributed by atoms with Gasteiger partial charge in [0.15, 0.2) is 0 Å². The molecule has 0 saturated heterocycles. The van der Waals surface area contributed by atoms with Gasteiger partial charge in [-0.2, -0.15) is 11.8 Å². The lowest BCUT2D eigenvalue weighted by Crippen LogP contribution is -2.39. The Bertz CT molecular complexity index is 290. The molecule has 1 aliphatic carbocycles. The summed E-state index contributed by atoms with van der Waals surface area (Å²) in [6.07, 6.45) is 5.93. The molecular formula is C13H23NO3S. The molecule has 1 N–H and O–H groups in total. The molecule has 1 unspecified atom stereocenters. The quantitative estimate of drug-likeness (QED) is 0.806. The van der Waals surface area contributed by atoms with Crippen LogP contribution in [0.25, 0.3) is 0 Å². The summed E-state index contributed by atoms with van der Waals surface area (Å²) in [7, 11) is 1.87. The number of carbonyl (C=O) groups is 2. The largest absolute Gasteiger partial charge is 0.481 e. The molecule has 0 aromatic rings. The Morgan fingerprint density at radius 3 is 2.50 bits per heavy atom. The van der Waals surface area contributed by atoms with Gasteiger partial charge in [-0.15, -0.1) is 0 Å². The molecule has 0 aromatic carbocycles. The molecule has 1 rings (SSSR count). The van der Waals surface area contributed by atoms with Crippen LogP contribution in [-0.2, 0) is 9.59 Å². The van der Waals surface area contributed by atoms with Crippen LogP contribution < -0.4 is 0 Å². The summed E-state index contributed by atoms with van der Waals surface area (Å²) in [5, 5.41) is 8.75. The number of carboxylic acid groups (broad SMARTS) is 1. The van der Waals surface area contributed by atoms with Gasteiger partial charge in [-0.1, -0.05) is 26.2 Å². The number of rotatable bonds is 6. The number of carboxylic acids is 1. The van der Waals surface area contributed by atoms with Crippen LogP contribution in [0, 0.1) is 5.92 Å². The number of hydrogen-bond acceptors (Lipinski definition) is 3. The van der Waals surface area contributed by atoms with Crippen molar-refractivity contribution >= 4 is 23.6 Å². The van der Waals surface area contributed by atoms with E-state index in [4.69, 9.17) is 5.11 Å². The number of thioether (sulfide) groups is 1. The molecule has 0 spiro atoms. The van der Waals surface area contributed by atoms with Crippen molar-refractivity contribution in [3.05, 3.63) is 0 Å². The molecule has 5 heteroatoms. The summed E-state index contributed by atoms with van der Waals surface area (Å²) in [5.41, 5.74) is 0. The van der Waals surface area contributed by atoms with E-state index in [-0.39, 0.29) is 11.8 Å². The first-order valence-corrected chi connectivity index (χ1v) is 7.74. The first-order valence-electron chi connectivity index (χ1n) is 6.58. The molecule has 4 nitrogen and oxygen atoms in total. The van der Waals surface area contributed by atoms with E-state index in [0.717, 1.165) is 12.8 Å². The van der Waals surface area contributed by atoms with Crippen LogP contribution in [0.1, 0.15) is 39.0 Å². The molecule has 0 bridgehead atoms. The molecule has 0 aliphatic heterocycles. The average Bonchev–Trinajstić information content (AvgIpc) is 2.38. The molecule has 18 heavy (non-hydrogen) atoms. The Kier molecular flexibility index (Phi) is 6.54. The standard InChI is InChI=1S/C13H23NO3S/c1-10(13(16)17)8-18-9-12(15)14(2)11-6-4-3-5-7-11/h10-11H,3-9H2,1-2H3,(H,16,17). The molecule has 1 saturated carbocycles. The number of amides is 1. The lowest BCUT2D eigenvalue weighted by atomic mass is 9.94. The van der Waals surface area contributed by atoms with E-state index in [9.17, 15) is 9.59 Å². The summed E-state index contributed by atoms with van der Waals surface area (Å²) < 4.78 is 0. The van der Waals surface area contributed by atoms with Gasteiger partial charge in [0.2, 0.25) is 5.91 Å². The summed E-state index contributed by atoms with van der Waals surface area (Å²) in [5.74, 6) is -0.160. The van der Waals surface area contributed by atoms with Gasteiger partial charge in [0, 0.05) is 18.8 Å². The smallest absolute Gasteiger partial charge is 0.307 e. The highest BCUT2D eigenvalue weighted by atomic mass is 32.2. The van der Waals surface area contributed by atoms with Crippen molar-refractivity contribution in [2.75, 3.05) is 18.6 Å². The maximum absolute atomic E-state index is 12.0. The fourth-order valence-corrected chi connectivity index (χ4v) is 3.16. The maximum atomic E-state index is 12.0. The van der Waals surface area contributed by atoms with E-state index in [1.165, 1.54) is 31.0 Å². The van der Waals surface area contributed by atoms with Crippen molar-refractivity contribution in [2.24, 2.45) is 5.92 Å². The summed E-state index contributed by atoms with van der Waals surface area (Å²) in [6, 6.07) is 0.392. The molecular weight excluding hydrogens is 250 g/mol. The second kappa shape index (κ2) is 7.67. The van der Waals surface area contributed by atoms with E-state index in [1.54, 1.807) is 6.92 Å². The normalized spacial score (nSPS) is 18.3. The second-order valence-electron chi connectivity index (χ2n) is 5.05. The van der Waals surface area contributed by atoms with Crippen LogP contribution in [0.2, 0.25) is 0 Å². The minimum atomic E-state index is -0.796. The molecule has 0 heterocycles. The Labute approximate surface area is 113 Å². The number of nitrogens with zero attached hydrogens (tertiary/aromatic N) is 1. The number of carbonyl (C=O) groups excluding carboxylic acids is 1. The first kappa shape index (κ1) is 15.3. The molecule has 1 amide bonds. The van der Waals surface area contributed by atoms with E-state index >= 15 is 0 Å². The zero-order chi connectivity index (χ0) is 13.5. The number of hydrogen-bond donors (Lipinski definition) is 1. The van der Waals surface area contributed by atoms with Crippen LogP contribution in [-0.4, -0.2) is 46.5 Å². The van der Waals surface area contributed by atoms with Crippen molar-refractivity contribution in [3.8, 4) is 0 Å². The van der Waals surface area contributed by atoms with Gasteiger partial charge in [0.1, 0.15) is 0 Å². The van der Waals surface area contributed by atoms with Gasteiger partial charge in [-0.25, -0.2) is 0 Å². The topological polar surface area (TPSA) is 57.6 Å². The fourth-order valence-electron chi connectivity index (χ4n) is 2.17. The van der Waals surface area contributed by atoms with Crippen molar-refractivity contribution in [3.63, 3.8) is 0 Å². The molecule has 1 aliphatic rings. The van der Waals surface area contributed by atoms with E-state index in [2.05, 4.69) is 0 Å². The second-order valence-corrected chi connectivity index (χ2v) is 6.08. The third-order valence-electron chi connectivity index (χ3n) is 3.53. The van der Waals surface area contributed by atoms with Crippen molar-refractivity contribution in [2.45, 2.75) is 45.1 Å². The van der Waals surface area contributed by atoms with Crippen LogP contribution in [0.3, 0.4) is 0 Å². The highest BCUT2D eigenvalue weighted by Crippen LogP contribution is 2.22. The third-order valence-corrected chi connectivity index (χ3v) is 4.72. The van der Waals surface area contributed by atoms with Gasteiger partial charge in [-0.05, 0) is 12.8 Å². The minimum Gasteiger partial charge on any atom is -0.481 e. The summed E-state index contributed by atoms with van der Waals surface area (Å²) >= 11 is 1.42. The molecule has 0 aromatic heterocycles. The highest BCUT2D eigenvalue weighted by molar-refractivity contribution is 7.99. The molecule has 0 radical (unpaired) electrons. The SMILES string of the molecule is CC(CSCC(=O)N(C)C1CCCCC1)C(=O)O. The lowest BCUT2D eigenvalue weighted by Gasteiger charge is -2.31. The van der Waals surface area contributed by atoms with Crippen molar-refractivity contribution in [1.29, 1.82) is 0 Å². The van der Waals surface area contributed by atoms with E-state index < -0.39 is 5.97 Å². The van der Waals surface area contributed by atoms with E-state index in [1.807, 2.05) is 11.9 Å². The van der Waals surface area contributed by atoms with E-state index in [0.29, 0.717) is 17.5 Å². The Balaban J connectivity index is 2.24. The van der Waals surface area contributed by atoms with Crippen molar-refractivity contribution in [1.82, 2.24) is 4.90 Å². The zero-order valence-electron chi connectivity index (χ0n) is 11.2. The van der Waals surface area contributed by atoms with Crippen LogP contribution in [0.5, 0.6) is 0 Å². The zero-order valence-corrected chi connectivity index (χ0v) is 12.0. The Hall–Kier alpha value is -0.710. The van der Waals surface area contributed by atoms with Crippen LogP contribution in [0.4, 0.5) is 0 Å². The van der Waals surface area contributed by atoms with Gasteiger partial charge < -0.3 is 10.0 Å². The molecule has 1 fully saturated rings. The highest BCUT2D eigenvalue weighted by Gasteiger charge is 2.22. The van der Waals surface area contributed by atoms with Gasteiger partial charge in [-0.3, -0.25) is 9.59 Å². The predicted octanol–water partition coefficient (Wildman–Crippen LogP) is 2.23. The molecule has 104 valence electrons. The Morgan fingerprint density at radius 1 is 1.33 bits per heavy atom. The minimum absolute atomic E-state index is 0.129.